The van der Waals surface area contributed by atoms with Gasteiger partial charge in [-0.2, -0.15) is 0 Å². The average Bonchev–Trinajstić information content (AvgIpc) is 3.33. The number of nitrogens with one attached hydrogen (secondary N) is 1. The third-order valence-corrected chi connectivity index (χ3v) is 7.94. The van der Waals surface area contributed by atoms with Crippen LogP contribution in [0.2, 0.25) is 0 Å². The first-order valence-electron chi connectivity index (χ1n) is 12.0. The molecule has 0 radical (unpaired) electrons. The molecule has 3 aliphatic rings. The number of amides is 3. The van der Waals surface area contributed by atoms with Crippen LogP contribution in [0.15, 0.2) is 34.8 Å². The number of nitrogens with zero attached hydrogens (tertiary/aromatic N) is 4. The Hall–Kier alpha value is -3.33. The Labute approximate surface area is 208 Å². The predicted molar refractivity (Wildman–Crippen MR) is 135 cm³/mol. The van der Waals surface area contributed by atoms with E-state index in [0.29, 0.717) is 51.1 Å². The molecule has 3 aliphatic heterocycles. The maximum Gasteiger partial charge on any atom is 0.246 e. The van der Waals surface area contributed by atoms with E-state index in [4.69, 9.17) is 0 Å². The van der Waals surface area contributed by atoms with E-state index in [1.165, 1.54) is 5.57 Å². The molecular formula is C26H29N5O3S. The van der Waals surface area contributed by atoms with Crippen LogP contribution >= 0.6 is 11.3 Å². The fraction of sp³-hybridized carbons (Fsp3) is 0.423. The second-order valence-electron chi connectivity index (χ2n) is 9.63. The maximum absolute atomic E-state index is 12.9. The number of carbonyl (C=O) groups is 3. The van der Waals surface area contributed by atoms with Gasteiger partial charge >= 0.3 is 0 Å². The molecule has 0 aliphatic carbocycles. The lowest BCUT2D eigenvalue weighted by molar-refractivity contribution is -0.129. The third-order valence-electron chi connectivity index (χ3n) is 7.34. The largest absolute Gasteiger partial charge is 0.346 e. The van der Waals surface area contributed by atoms with Crippen molar-refractivity contribution in [3.63, 3.8) is 0 Å². The van der Waals surface area contributed by atoms with Crippen LogP contribution < -0.4 is 5.32 Å². The van der Waals surface area contributed by atoms with E-state index in [9.17, 15) is 14.4 Å². The number of aromatic nitrogens is 2. The van der Waals surface area contributed by atoms with Gasteiger partial charge in [-0.3, -0.25) is 14.4 Å². The first-order valence-corrected chi connectivity index (χ1v) is 13.0. The Morgan fingerprint density at radius 1 is 1.14 bits per heavy atom. The van der Waals surface area contributed by atoms with Gasteiger partial charge < -0.3 is 15.1 Å². The summed E-state index contributed by atoms with van der Waals surface area (Å²) in [5, 5.41) is 4.98. The van der Waals surface area contributed by atoms with Crippen LogP contribution in [0.3, 0.4) is 0 Å². The first-order chi connectivity index (χ1) is 16.9. The summed E-state index contributed by atoms with van der Waals surface area (Å²) in [5.41, 5.74) is 5.33. The van der Waals surface area contributed by atoms with Gasteiger partial charge in [-0.1, -0.05) is 5.57 Å². The lowest BCUT2D eigenvalue weighted by atomic mass is 9.73. The van der Waals surface area contributed by atoms with Crippen molar-refractivity contribution in [3.8, 4) is 0 Å². The molecule has 1 N–H and O–H groups in total. The highest BCUT2D eigenvalue weighted by Crippen LogP contribution is 2.41. The number of hydrogen-bond donors (Lipinski definition) is 1. The van der Waals surface area contributed by atoms with Gasteiger partial charge in [0.2, 0.25) is 17.7 Å². The average molecular weight is 492 g/mol. The zero-order valence-electron chi connectivity index (χ0n) is 19.8. The van der Waals surface area contributed by atoms with Crippen molar-refractivity contribution in [3.05, 3.63) is 51.6 Å². The Morgan fingerprint density at radius 3 is 2.74 bits per heavy atom. The number of pyridine rings is 1. The van der Waals surface area contributed by atoms with Crippen LogP contribution in [0.5, 0.6) is 0 Å². The van der Waals surface area contributed by atoms with Crippen LogP contribution in [0, 0.1) is 5.41 Å². The van der Waals surface area contributed by atoms with E-state index >= 15 is 0 Å². The van der Waals surface area contributed by atoms with Crippen molar-refractivity contribution in [2.24, 2.45) is 5.41 Å². The van der Waals surface area contributed by atoms with Crippen molar-refractivity contribution in [2.75, 3.05) is 32.0 Å². The van der Waals surface area contributed by atoms with E-state index in [1.807, 2.05) is 21.9 Å². The van der Waals surface area contributed by atoms with E-state index in [1.54, 1.807) is 41.6 Å². The number of piperidine rings is 1. The zero-order chi connectivity index (χ0) is 24.4. The van der Waals surface area contributed by atoms with Crippen molar-refractivity contribution in [2.45, 2.75) is 38.5 Å². The van der Waals surface area contributed by atoms with Crippen molar-refractivity contribution < 1.29 is 14.4 Å². The summed E-state index contributed by atoms with van der Waals surface area (Å²) in [4.78, 5) is 50.2. The monoisotopic (exact) mass is 491 g/mol. The topological polar surface area (TPSA) is 95.5 Å². The molecule has 0 aromatic carbocycles. The molecule has 2 fully saturated rings. The number of thiazole rings is 1. The second-order valence-corrected chi connectivity index (χ2v) is 10.3. The number of fused-ring (bicyclic) bond motifs is 1. The van der Waals surface area contributed by atoms with Gasteiger partial charge in [0.1, 0.15) is 5.82 Å². The molecule has 5 rings (SSSR count). The van der Waals surface area contributed by atoms with Gasteiger partial charge in [0.25, 0.3) is 0 Å². The van der Waals surface area contributed by atoms with Gasteiger partial charge in [0.15, 0.2) is 0 Å². The minimum atomic E-state index is -0.592. The van der Waals surface area contributed by atoms with Crippen LogP contribution in [-0.4, -0.2) is 64.2 Å². The second kappa shape index (κ2) is 9.73. The van der Waals surface area contributed by atoms with Crippen LogP contribution in [0.4, 0.5) is 5.82 Å². The standard InChI is InChI=1S/C26H29N5O3S/c1-30-11-8-26(7-4-22(30)32)14-20-12-19(15-27-24(20)29-25(26)34)2-3-23(33)31-9-5-18(6-10-31)13-21-16-35-17-28-21/h2-3,12-13,15-17H,4-11,14H2,1H3,(H,27,29,34)/b3-2+. The van der Waals surface area contributed by atoms with Gasteiger partial charge in [0.05, 0.1) is 16.6 Å². The highest BCUT2D eigenvalue weighted by atomic mass is 32.1. The quantitative estimate of drug-likeness (QED) is 0.664. The zero-order valence-corrected chi connectivity index (χ0v) is 20.6. The molecule has 1 atom stereocenters. The molecule has 0 bridgehead atoms. The normalized spacial score (nSPS) is 22.8. The summed E-state index contributed by atoms with van der Waals surface area (Å²) in [5.74, 6) is 0.596. The molecular weight excluding hydrogens is 462 g/mol. The van der Waals surface area contributed by atoms with Crippen molar-refractivity contribution in [1.29, 1.82) is 0 Å². The number of anilines is 1. The van der Waals surface area contributed by atoms with Crippen molar-refractivity contribution in [1.82, 2.24) is 19.8 Å². The minimum absolute atomic E-state index is 0.00878. The predicted octanol–water partition coefficient (Wildman–Crippen LogP) is 3.38. The number of carbonyl (C=O) groups excluding carboxylic acids is 3. The molecule has 3 amide bonds. The summed E-state index contributed by atoms with van der Waals surface area (Å²) < 4.78 is 0. The minimum Gasteiger partial charge on any atom is -0.346 e. The third kappa shape index (κ3) is 5.05. The Bertz CT molecular complexity index is 1200. The van der Waals surface area contributed by atoms with Crippen LogP contribution in [0.25, 0.3) is 12.2 Å². The van der Waals surface area contributed by atoms with E-state index in [0.717, 1.165) is 29.7 Å². The van der Waals surface area contributed by atoms with Crippen LogP contribution in [-0.2, 0) is 20.8 Å². The molecule has 2 saturated heterocycles. The number of likely N-dealkylation sites (tertiary alicyclic amines) is 2. The van der Waals surface area contributed by atoms with Gasteiger partial charge in [0, 0.05) is 50.8 Å². The first kappa shape index (κ1) is 23.4. The molecule has 5 heterocycles. The highest BCUT2D eigenvalue weighted by molar-refractivity contribution is 7.07. The molecule has 2 aromatic heterocycles. The van der Waals surface area contributed by atoms with Crippen molar-refractivity contribution >= 4 is 47.0 Å². The van der Waals surface area contributed by atoms with Gasteiger partial charge in [-0.05, 0) is 61.4 Å². The molecule has 0 saturated carbocycles. The number of rotatable bonds is 3. The SMILES string of the molecule is CN1CCC2(CCC1=O)Cc1cc(/C=C/C(=O)N3CCC(=Cc4cscn4)CC3)cnc1NC2=O. The van der Waals surface area contributed by atoms with Gasteiger partial charge in [-0.25, -0.2) is 9.97 Å². The number of hydrogen-bond acceptors (Lipinski definition) is 6. The van der Waals surface area contributed by atoms with Gasteiger partial charge in [-0.15, -0.1) is 11.3 Å². The fourth-order valence-electron chi connectivity index (χ4n) is 5.06. The molecule has 35 heavy (non-hydrogen) atoms. The van der Waals surface area contributed by atoms with Crippen LogP contribution in [0.1, 0.15) is 48.9 Å². The molecule has 2 aromatic rings. The summed E-state index contributed by atoms with van der Waals surface area (Å²) in [6.45, 7) is 1.96. The molecule has 1 unspecified atom stereocenters. The Morgan fingerprint density at radius 2 is 1.97 bits per heavy atom. The summed E-state index contributed by atoms with van der Waals surface area (Å²) in [6.07, 6.45) is 11.0. The maximum atomic E-state index is 12.9. The Kier molecular flexibility index (Phi) is 6.51. The lowest BCUT2D eigenvalue weighted by Gasteiger charge is -2.35. The molecule has 9 heteroatoms. The molecule has 1 spiro atoms. The fourth-order valence-corrected chi connectivity index (χ4v) is 5.57. The van der Waals surface area contributed by atoms with E-state index in [-0.39, 0.29) is 17.7 Å². The summed E-state index contributed by atoms with van der Waals surface area (Å²) in [6, 6.07) is 1.99. The molecule has 8 nitrogen and oxygen atoms in total. The smallest absolute Gasteiger partial charge is 0.246 e. The molecule has 182 valence electrons. The van der Waals surface area contributed by atoms with E-state index < -0.39 is 5.41 Å². The highest BCUT2D eigenvalue weighted by Gasteiger charge is 2.44. The Balaban J connectivity index is 1.24. The summed E-state index contributed by atoms with van der Waals surface area (Å²) in [7, 11) is 1.79. The lowest BCUT2D eigenvalue weighted by Crippen LogP contribution is -2.42. The summed E-state index contributed by atoms with van der Waals surface area (Å²) >= 11 is 1.58. The van der Waals surface area contributed by atoms with E-state index in [2.05, 4.69) is 21.4 Å².